The minimum atomic E-state index is -1.73. The Labute approximate surface area is 85.9 Å². The Bertz CT molecular complexity index is 74.9. The fraction of sp³-hybridized carbons (Fsp3) is 1.00. The normalized spacial score (nSPS) is 9.42. The summed E-state index contributed by atoms with van der Waals surface area (Å²) in [7, 11) is -1.73. The van der Waals surface area contributed by atoms with Gasteiger partial charge in [-0.25, -0.2) is 0 Å². The van der Waals surface area contributed by atoms with E-state index in [0.717, 1.165) is 0 Å². The predicted octanol–water partition coefficient (Wildman–Crippen LogP) is 1.11. The summed E-state index contributed by atoms with van der Waals surface area (Å²) in [5.41, 5.74) is 0. The first-order chi connectivity index (χ1) is 5.85. The van der Waals surface area contributed by atoms with E-state index in [1.54, 1.807) is 18.1 Å². The van der Waals surface area contributed by atoms with E-state index in [9.17, 15) is 0 Å². The van der Waals surface area contributed by atoms with Crippen LogP contribution in [-0.2, 0) is 31.4 Å². The van der Waals surface area contributed by atoms with Gasteiger partial charge in [0.15, 0.2) is 0 Å². The fourth-order valence-corrected chi connectivity index (χ4v) is 1.66. The molecule has 0 atom stereocenters. The second-order valence-electron chi connectivity index (χ2n) is 1.65. The molecule has 0 radical (unpaired) electrons. The third-order valence-corrected chi connectivity index (χ3v) is 2.72. The van der Waals surface area contributed by atoms with Crippen LogP contribution in [-0.4, -0.2) is 29.3 Å². The maximum absolute atomic E-state index is 5.68. The quantitative estimate of drug-likeness (QED) is 0.742. The molecule has 6 heteroatoms. The molecule has 0 aliphatic rings. The summed E-state index contributed by atoms with van der Waals surface area (Å²) in [6.07, 6.45) is 0. The van der Waals surface area contributed by atoms with Crippen molar-refractivity contribution in [1.82, 2.24) is 0 Å². The summed E-state index contributed by atoms with van der Waals surface area (Å²) in [5, 5.41) is 0. The molecule has 0 rings (SSSR count). The molecule has 12 heavy (non-hydrogen) atoms. The first-order valence-corrected chi connectivity index (χ1v) is 6.15. The first-order valence-electron chi connectivity index (χ1n) is 3.87. The molecule has 1 N–H and O–H groups in total. The standard InChI is InChI=1S/C6H16O3Si.HN.Ru/c1-4-7-10(8-5-2)9-6-3;;/h10H,4-6H2,1-3H3;1H;. The van der Waals surface area contributed by atoms with E-state index in [-0.39, 0.29) is 0 Å². The van der Waals surface area contributed by atoms with Gasteiger partial charge in [0.05, 0.1) is 0 Å². The fourth-order valence-electron chi connectivity index (χ4n) is 0.553. The van der Waals surface area contributed by atoms with Crippen molar-refractivity contribution in [3.8, 4) is 0 Å². The van der Waals surface area contributed by atoms with Crippen molar-refractivity contribution in [2.45, 2.75) is 20.8 Å². The van der Waals surface area contributed by atoms with E-state index in [0.29, 0.717) is 19.8 Å². The summed E-state index contributed by atoms with van der Waals surface area (Å²) in [6.45, 7) is 7.86. The maximum atomic E-state index is 5.68. The molecule has 76 valence electrons. The monoisotopic (exact) mass is 281 g/mol. The van der Waals surface area contributed by atoms with E-state index in [1.165, 1.54) is 0 Å². The molecule has 0 aliphatic carbocycles. The predicted molar refractivity (Wildman–Crippen MR) is 44.7 cm³/mol. The minimum absolute atomic E-state index is 0.677. The van der Waals surface area contributed by atoms with Crippen molar-refractivity contribution in [3.63, 3.8) is 0 Å². The Hall–Kier alpha value is 0.520. The average molecular weight is 280 g/mol. The van der Waals surface area contributed by atoms with Gasteiger partial charge in [-0.3, -0.25) is 0 Å². The van der Waals surface area contributed by atoms with Gasteiger partial charge in [-0.15, -0.1) is 0 Å². The number of hydrogen-bond acceptors (Lipinski definition) is 4. The Morgan fingerprint density at radius 1 is 0.917 bits per heavy atom. The molecule has 0 saturated carbocycles. The molecular formula is C6H17NO3RuSi. The van der Waals surface area contributed by atoms with E-state index in [1.807, 2.05) is 20.8 Å². The van der Waals surface area contributed by atoms with E-state index in [4.69, 9.17) is 17.4 Å². The summed E-state index contributed by atoms with van der Waals surface area (Å²) in [6, 6.07) is 0. The Morgan fingerprint density at radius 3 is 1.33 bits per heavy atom. The summed E-state index contributed by atoms with van der Waals surface area (Å²) >= 11 is 1.60. The van der Waals surface area contributed by atoms with Crippen molar-refractivity contribution in [1.29, 1.82) is 4.10 Å². The number of rotatable bonds is 6. The topological polar surface area (TPSA) is 51.5 Å². The van der Waals surface area contributed by atoms with Gasteiger partial charge in [0.1, 0.15) is 0 Å². The van der Waals surface area contributed by atoms with Gasteiger partial charge in [0.25, 0.3) is 0 Å². The zero-order chi connectivity index (χ0) is 9.82. The average Bonchev–Trinajstić information content (AvgIpc) is 2.10. The molecular weight excluding hydrogens is 263 g/mol. The third kappa shape index (κ3) is 10.5. The van der Waals surface area contributed by atoms with Gasteiger partial charge >= 0.3 is 31.7 Å². The molecule has 0 aromatic heterocycles. The van der Waals surface area contributed by atoms with Crippen LogP contribution in [0.5, 0.6) is 0 Å². The van der Waals surface area contributed by atoms with Gasteiger partial charge < -0.3 is 13.3 Å². The Morgan fingerprint density at radius 2 is 1.17 bits per heavy atom. The third-order valence-electron chi connectivity index (χ3n) is 0.908. The second kappa shape index (κ2) is 14.1. The molecule has 0 aliphatic heterocycles. The molecule has 0 saturated heterocycles. The van der Waals surface area contributed by atoms with Crippen LogP contribution >= 0.6 is 0 Å². The van der Waals surface area contributed by atoms with Crippen LogP contribution in [0.25, 0.3) is 0 Å². The van der Waals surface area contributed by atoms with Gasteiger partial charge in [-0.1, -0.05) is 0 Å². The Kier molecular flexibility index (Phi) is 17.6. The van der Waals surface area contributed by atoms with Gasteiger partial charge in [-0.05, 0) is 20.8 Å². The van der Waals surface area contributed by atoms with Crippen molar-refractivity contribution in [2.24, 2.45) is 0 Å². The molecule has 4 nitrogen and oxygen atoms in total. The summed E-state index contributed by atoms with van der Waals surface area (Å²) in [5.74, 6) is 0. The summed E-state index contributed by atoms with van der Waals surface area (Å²) < 4.78 is 21.3. The molecule has 0 aromatic rings. The molecule has 0 amide bonds. The molecule has 0 aromatic carbocycles. The Balaban J connectivity index is 0. The zero-order valence-electron chi connectivity index (χ0n) is 7.78. The van der Waals surface area contributed by atoms with Crippen LogP contribution in [0.4, 0.5) is 0 Å². The van der Waals surface area contributed by atoms with Crippen molar-refractivity contribution in [3.05, 3.63) is 0 Å². The molecule has 0 fully saturated rings. The van der Waals surface area contributed by atoms with Crippen molar-refractivity contribution in [2.75, 3.05) is 19.8 Å². The molecule has 0 bridgehead atoms. The number of nitrogens with one attached hydrogen (secondary N) is 1. The summed E-state index contributed by atoms with van der Waals surface area (Å²) in [4.78, 5) is 0. The van der Waals surface area contributed by atoms with Crippen LogP contribution in [0.1, 0.15) is 20.8 Å². The van der Waals surface area contributed by atoms with Crippen LogP contribution in [0.15, 0.2) is 0 Å². The van der Waals surface area contributed by atoms with E-state index < -0.39 is 9.53 Å². The van der Waals surface area contributed by atoms with Crippen molar-refractivity contribution < 1.29 is 31.4 Å². The van der Waals surface area contributed by atoms with E-state index >= 15 is 0 Å². The van der Waals surface area contributed by atoms with Crippen molar-refractivity contribution >= 4 is 9.53 Å². The molecule has 0 unspecified atom stereocenters. The van der Waals surface area contributed by atoms with Crippen LogP contribution in [0.3, 0.4) is 0 Å². The van der Waals surface area contributed by atoms with Crippen LogP contribution in [0, 0.1) is 4.10 Å². The molecule has 0 heterocycles. The van der Waals surface area contributed by atoms with Crippen LogP contribution in [0.2, 0.25) is 0 Å². The zero-order valence-corrected chi connectivity index (χ0v) is 10.7. The van der Waals surface area contributed by atoms with E-state index in [2.05, 4.69) is 0 Å². The van der Waals surface area contributed by atoms with Gasteiger partial charge in [0.2, 0.25) is 0 Å². The van der Waals surface area contributed by atoms with Crippen LogP contribution < -0.4 is 0 Å². The first kappa shape index (κ1) is 15.0. The van der Waals surface area contributed by atoms with Gasteiger partial charge in [-0.2, -0.15) is 0 Å². The second-order valence-corrected chi connectivity index (χ2v) is 3.23. The van der Waals surface area contributed by atoms with Gasteiger partial charge in [0, 0.05) is 19.8 Å². The molecule has 0 spiro atoms. The number of hydrogen-bond donors (Lipinski definition) is 1. The SMILES string of the molecule is CCO[SiH](OCC)OCC.[NH]=[Ru].